The fourth-order valence-electron chi connectivity index (χ4n) is 2.41. The Morgan fingerprint density at radius 3 is 2.60 bits per heavy atom. The van der Waals surface area contributed by atoms with Crippen molar-refractivity contribution in [3.63, 3.8) is 0 Å². The molecule has 1 N–H and O–H groups in total. The van der Waals surface area contributed by atoms with E-state index >= 15 is 0 Å². The van der Waals surface area contributed by atoms with Crippen LogP contribution in [0.15, 0.2) is 61.2 Å². The van der Waals surface area contributed by atoms with Gasteiger partial charge in [0.05, 0.1) is 18.1 Å². The first-order valence-electron chi connectivity index (χ1n) is 7.71. The summed E-state index contributed by atoms with van der Waals surface area (Å²) in [6, 6.07) is 10.9. The molecule has 3 aromatic rings. The Bertz CT molecular complexity index is 884. The molecule has 0 aliphatic carbocycles. The SMILES string of the molecule is O=C(Nc1cnc(-c2cccnc2)nc1)C1COc2ccccc2O1. The van der Waals surface area contributed by atoms with Crippen molar-refractivity contribution in [2.75, 3.05) is 11.9 Å². The summed E-state index contributed by atoms with van der Waals surface area (Å²) in [5.74, 6) is 1.41. The third-order valence-corrected chi connectivity index (χ3v) is 3.64. The zero-order valence-electron chi connectivity index (χ0n) is 13.1. The summed E-state index contributed by atoms with van der Waals surface area (Å²) in [4.78, 5) is 24.9. The highest BCUT2D eigenvalue weighted by Crippen LogP contribution is 2.31. The van der Waals surface area contributed by atoms with Gasteiger partial charge in [0.2, 0.25) is 6.10 Å². The molecule has 124 valence electrons. The van der Waals surface area contributed by atoms with Gasteiger partial charge in [-0.2, -0.15) is 0 Å². The van der Waals surface area contributed by atoms with Gasteiger partial charge in [0.1, 0.15) is 6.61 Å². The predicted molar refractivity (Wildman–Crippen MR) is 90.2 cm³/mol. The number of benzene rings is 1. The van der Waals surface area contributed by atoms with Crippen molar-refractivity contribution in [2.24, 2.45) is 0 Å². The summed E-state index contributed by atoms with van der Waals surface area (Å²) in [7, 11) is 0. The highest BCUT2D eigenvalue weighted by Gasteiger charge is 2.27. The first-order chi connectivity index (χ1) is 12.3. The molecule has 0 bridgehead atoms. The summed E-state index contributed by atoms with van der Waals surface area (Å²) in [5, 5.41) is 2.74. The lowest BCUT2D eigenvalue weighted by Gasteiger charge is -2.25. The Morgan fingerprint density at radius 2 is 1.84 bits per heavy atom. The number of fused-ring (bicyclic) bond motifs is 1. The quantitative estimate of drug-likeness (QED) is 0.791. The third-order valence-electron chi connectivity index (χ3n) is 3.64. The number of pyridine rings is 1. The van der Waals surface area contributed by atoms with E-state index in [1.165, 1.54) is 0 Å². The average Bonchev–Trinajstić information content (AvgIpc) is 2.69. The second-order valence-corrected chi connectivity index (χ2v) is 5.39. The number of carbonyl (C=O) groups is 1. The van der Waals surface area contributed by atoms with Crippen LogP contribution in [0.25, 0.3) is 11.4 Å². The van der Waals surface area contributed by atoms with Gasteiger partial charge in [0, 0.05) is 18.0 Å². The lowest BCUT2D eigenvalue weighted by molar-refractivity contribution is -0.125. The van der Waals surface area contributed by atoms with Crippen LogP contribution in [0, 0.1) is 0 Å². The number of aromatic nitrogens is 3. The summed E-state index contributed by atoms with van der Waals surface area (Å²) < 4.78 is 11.2. The maximum atomic E-state index is 12.4. The maximum Gasteiger partial charge on any atom is 0.269 e. The first-order valence-corrected chi connectivity index (χ1v) is 7.71. The van der Waals surface area contributed by atoms with Gasteiger partial charge >= 0.3 is 0 Å². The molecule has 3 heterocycles. The Balaban J connectivity index is 1.43. The molecule has 4 rings (SSSR count). The van der Waals surface area contributed by atoms with E-state index in [9.17, 15) is 4.79 Å². The van der Waals surface area contributed by atoms with Crippen molar-refractivity contribution in [1.82, 2.24) is 15.0 Å². The fourth-order valence-corrected chi connectivity index (χ4v) is 2.41. The standard InChI is InChI=1S/C18H14N4O3/c23-18(16-11-24-14-5-1-2-6-15(14)25-16)22-13-9-20-17(21-10-13)12-4-3-7-19-8-12/h1-10,16H,11H2,(H,22,23). The van der Waals surface area contributed by atoms with Crippen LogP contribution in [-0.4, -0.2) is 33.6 Å². The highest BCUT2D eigenvalue weighted by atomic mass is 16.6. The van der Waals surface area contributed by atoms with E-state index in [-0.39, 0.29) is 12.5 Å². The van der Waals surface area contributed by atoms with Crippen molar-refractivity contribution in [3.05, 3.63) is 61.2 Å². The molecule has 1 aliphatic rings. The smallest absolute Gasteiger partial charge is 0.269 e. The molecule has 2 aromatic heterocycles. The number of hydrogen-bond acceptors (Lipinski definition) is 6. The van der Waals surface area contributed by atoms with Crippen LogP contribution < -0.4 is 14.8 Å². The second kappa shape index (κ2) is 6.56. The summed E-state index contributed by atoms with van der Waals surface area (Å²) in [5.41, 5.74) is 1.29. The summed E-state index contributed by atoms with van der Waals surface area (Å²) in [6.07, 6.45) is 5.73. The molecule has 1 unspecified atom stereocenters. The van der Waals surface area contributed by atoms with Crippen LogP contribution in [0.2, 0.25) is 0 Å². The fraction of sp³-hybridized carbons (Fsp3) is 0.111. The van der Waals surface area contributed by atoms with Crippen LogP contribution in [-0.2, 0) is 4.79 Å². The predicted octanol–water partition coefficient (Wildman–Crippen LogP) is 2.32. The van der Waals surface area contributed by atoms with Crippen LogP contribution in [0.3, 0.4) is 0 Å². The molecule has 1 amide bonds. The molecule has 0 saturated carbocycles. The van der Waals surface area contributed by atoms with Crippen LogP contribution in [0.1, 0.15) is 0 Å². The molecule has 0 spiro atoms. The van der Waals surface area contributed by atoms with Crippen molar-refractivity contribution < 1.29 is 14.3 Å². The molecule has 0 saturated heterocycles. The second-order valence-electron chi connectivity index (χ2n) is 5.39. The monoisotopic (exact) mass is 334 g/mol. The van der Waals surface area contributed by atoms with Crippen LogP contribution in [0.4, 0.5) is 5.69 Å². The van der Waals surface area contributed by atoms with Gasteiger partial charge in [-0.25, -0.2) is 9.97 Å². The van der Waals surface area contributed by atoms with Crippen molar-refractivity contribution >= 4 is 11.6 Å². The number of carbonyl (C=O) groups excluding carboxylic acids is 1. The number of nitrogens with one attached hydrogen (secondary N) is 1. The van der Waals surface area contributed by atoms with E-state index in [0.717, 1.165) is 5.56 Å². The van der Waals surface area contributed by atoms with Crippen molar-refractivity contribution in [1.29, 1.82) is 0 Å². The normalized spacial score (nSPS) is 15.4. The summed E-state index contributed by atoms with van der Waals surface area (Å²) in [6.45, 7) is 0.150. The molecule has 0 radical (unpaired) electrons. The Kier molecular flexibility index (Phi) is 3.96. The molecule has 1 atom stereocenters. The average molecular weight is 334 g/mol. The molecule has 1 aliphatic heterocycles. The highest BCUT2D eigenvalue weighted by molar-refractivity contribution is 5.94. The minimum atomic E-state index is -0.729. The number of rotatable bonds is 3. The van der Waals surface area contributed by atoms with E-state index in [2.05, 4.69) is 20.3 Å². The number of hydrogen-bond donors (Lipinski definition) is 1. The maximum absolute atomic E-state index is 12.4. The largest absolute Gasteiger partial charge is 0.485 e. The van der Waals surface area contributed by atoms with Gasteiger partial charge in [-0.1, -0.05) is 12.1 Å². The van der Waals surface area contributed by atoms with E-state index in [1.807, 2.05) is 24.3 Å². The van der Waals surface area contributed by atoms with Gasteiger partial charge in [0.15, 0.2) is 17.3 Å². The molecule has 0 fully saturated rings. The number of ether oxygens (including phenoxy) is 2. The van der Waals surface area contributed by atoms with Gasteiger partial charge in [0.25, 0.3) is 5.91 Å². The van der Waals surface area contributed by atoms with E-state index in [1.54, 1.807) is 36.9 Å². The Labute approximate surface area is 143 Å². The molecule has 1 aromatic carbocycles. The molecular formula is C18H14N4O3. The molecule has 7 nitrogen and oxygen atoms in total. The first kappa shape index (κ1) is 15.1. The number of anilines is 1. The minimum Gasteiger partial charge on any atom is -0.485 e. The number of para-hydroxylation sites is 2. The zero-order chi connectivity index (χ0) is 17.1. The third kappa shape index (κ3) is 3.25. The van der Waals surface area contributed by atoms with Crippen molar-refractivity contribution in [3.8, 4) is 22.9 Å². The van der Waals surface area contributed by atoms with Crippen LogP contribution >= 0.6 is 0 Å². The Morgan fingerprint density at radius 1 is 1.04 bits per heavy atom. The van der Waals surface area contributed by atoms with Gasteiger partial charge in [-0.3, -0.25) is 9.78 Å². The van der Waals surface area contributed by atoms with Crippen LogP contribution in [0.5, 0.6) is 11.5 Å². The number of nitrogens with zero attached hydrogens (tertiary/aromatic N) is 3. The molecule has 7 heteroatoms. The summed E-state index contributed by atoms with van der Waals surface area (Å²) >= 11 is 0. The zero-order valence-corrected chi connectivity index (χ0v) is 13.1. The molecular weight excluding hydrogens is 320 g/mol. The van der Waals surface area contributed by atoms with E-state index < -0.39 is 6.10 Å². The number of amides is 1. The van der Waals surface area contributed by atoms with Gasteiger partial charge < -0.3 is 14.8 Å². The topological polar surface area (TPSA) is 86.2 Å². The van der Waals surface area contributed by atoms with Crippen molar-refractivity contribution in [2.45, 2.75) is 6.10 Å². The lowest BCUT2D eigenvalue weighted by atomic mass is 10.2. The lowest BCUT2D eigenvalue weighted by Crippen LogP contribution is -2.40. The van der Waals surface area contributed by atoms with Gasteiger partial charge in [-0.05, 0) is 24.3 Å². The Hall–Kier alpha value is -3.48. The van der Waals surface area contributed by atoms with E-state index in [0.29, 0.717) is 23.0 Å². The van der Waals surface area contributed by atoms with Gasteiger partial charge in [-0.15, -0.1) is 0 Å². The molecule has 25 heavy (non-hydrogen) atoms. The van der Waals surface area contributed by atoms with E-state index in [4.69, 9.17) is 9.47 Å². The minimum absolute atomic E-state index is 0.150.